The number of benzene rings is 1. The van der Waals surface area contributed by atoms with Crippen molar-refractivity contribution < 1.29 is 4.79 Å². The molecule has 0 aliphatic heterocycles. The van der Waals surface area contributed by atoms with Crippen molar-refractivity contribution in [2.45, 2.75) is 20.3 Å². The lowest BCUT2D eigenvalue weighted by molar-refractivity contribution is 0.0988. The number of anilines is 1. The van der Waals surface area contributed by atoms with E-state index in [9.17, 15) is 4.79 Å². The van der Waals surface area contributed by atoms with Crippen LogP contribution in [0, 0.1) is 0 Å². The van der Waals surface area contributed by atoms with Gasteiger partial charge in [-0.05, 0) is 31.2 Å². The van der Waals surface area contributed by atoms with E-state index >= 15 is 0 Å². The van der Waals surface area contributed by atoms with Crippen LogP contribution in [0.1, 0.15) is 30.6 Å². The number of carbonyl (C=O) groups is 1. The molecule has 0 saturated carbocycles. The molecule has 5 heteroatoms. The summed E-state index contributed by atoms with van der Waals surface area (Å²) in [6.07, 6.45) is 2.57. The summed E-state index contributed by atoms with van der Waals surface area (Å²) in [5.41, 5.74) is 4.73. The molecule has 2 heterocycles. The van der Waals surface area contributed by atoms with Crippen LogP contribution in [-0.2, 0) is 14.1 Å². The lowest BCUT2D eigenvalue weighted by Gasteiger charge is -2.03. The zero-order valence-corrected chi connectivity index (χ0v) is 14.1. The fourth-order valence-electron chi connectivity index (χ4n) is 2.89. The summed E-state index contributed by atoms with van der Waals surface area (Å²) >= 11 is 0. The molecule has 0 aliphatic rings. The van der Waals surface area contributed by atoms with E-state index in [-0.39, 0.29) is 5.78 Å². The molecule has 0 amide bonds. The maximum atomic E-state index is 11.9. The topological polar surface area (TPSA) is 51.9 Å². The maximum Gasteiger partial charge on any atom is 0.162 e. The molecule has 0 spiro atoms. The molecule has 3 rings (SSSR count). The number of carbonyl (C=O) groups excluding carboxylic acids is 1. The summed E-state index contributed by atoms with van der Waals surface area (Å²) in [5.74, 6) is 1.04. The number of nitrogens with zero attached hydrogens (tertiary/aromatic N) is 3. The number of ketones is 1. The Bertz CT molecular complexity index is 873. The lowest BCUT2D eigenvalue weighted by Crippen LogP contribution is -1.97. The number of aromatic nitrogens is 3. The largest absolute Gasteiger partial charge is 0.384 e. The predicted molar refractivity (Wildman–Crippen MR) is 93.9 cm³/mol. The number of hydrogen-bond acceptors (Lipinski definition) is 3. The molecule has 0 radical (unpaired) electrons. The molecule has 0 atom stereocenters. The van der Waals surface area contributed by atoms with Gasteiger partial charge in [-0.15, -0.1) is 0 Å². The minimum Gasteiger partial charge on any atom is -0.384 e. The summed E-state index contributed by atoms with van der Waals surface area (Å²) in [6.45, 7) is 4.84. The second kappa shape index (κ2) is 5.91. The highest BCUT2D eigenvalue weighted by atomic mass is 16.1. The highest BCUT2D eigenvalue weighted by Gasteiger charge is 2.15. The molecule has 3 aromatic rings. The third-order valence-electron chi connectivity index (χ3n) is 4.14. The second-order valence-electron chi connectivity index (χ2n) is 5.73. The minimum absolute atomic E-state index is 0.146. The van der Waals surface area contributed by atoms with Gasteiger partial charge in [0, 0.05) is 38.8 Å². The van der Waals surface area contributed by atoms with Crippen LogP contribution in [0.2, 0.25) is 0 Å². The van der Waals surface area contributed by atoms with Crippen LogP contribution in [0.5, 0.6) is 0 Å². The summed E-state index contributed by atoms with van der Waals surface area (Å²) < 4.78 is 4.14. The van der Waals surface area contributed by atoms with Crippen molar-refractivity contribution in [1.29, 1.82) is 0 Å². The number of Topliss-reactive ketones (excluding diaryl/α,β-unsaturated/α-hetero) is 1. The van der Waals surface area contributed by atoms with Gasteiger partial charge in [-0.3, -0.25) is 4.79 Å². The molecule has 2 aromatic heterocycles. The Labute approximate surface area is 135 Å². The van der Waals surface area contributed by atoms with Crippen molar-refractivity contribution >= 4 is 22.5 Å². The van der Waals surface area contributed by atoms with E-state index in [0.717, 1.165) is 40.3 Å². The number of fused-ring (bicyclic) bond motifs is 1. The Kier molecular flexibility index (Phi) is 3.94. The molecule has 1 aromatic carbocycles. The predicted octanol–water partition coefficient (Wildman–Crippen LogP) is 3.60. The first-order chi connectivity index (χ1) is 11.0. The summed E-state index contributed by atoms with van der Waals surface area (Å²) in [4.78, 5) is 16.7. The number of nitrogens with one attached hydrogen (secondary N) is 1. The Morgan fingerprint density at radius 3 is 2.70 bits per heavy atom. The first-order valence-corrected chi connectivity index (χ1v) is 7.95. The fraction of sp³-hybridized carbons (Fsp3) is 0.333. The number of imidazole rings is 1. The van der Waals surface area contributed by atoms with Crippen molar-refractivity contribution in [2.75, 3.05) is 11.9 Å². The van der Waals surface area contributed by atoms with E-state index in [1.807, 2.05) is 39.2 Å². The van der Waals surface area contributed by atoms with E-state index in [1.165, 1.54) is 0 Å². The third kappa shape index (κ3) is 2.63. The number of aryl methyl sites for hydroxylation is 2. The molecule has 120 valence electrons. The molecular weight excluding hydrogens is 288 g/mol. The van der Waals surface area contributed by atoms with Crippen molar-refractivity contribution in [3.05, 3.63) is 36.0 Å². The molecule has 0 saturated heterocycles. The van der Waals surface area contributed by atoms with Gasteiger partial charge in [-0.1, -0.05) is 6.92 Å². The fourth-order valence-corrected chi connectivity index (χ4v) is 2.89. The van der Waals surface area contributed by atoms with Gasteiger partial charge in [0.15, 0.2) is 11.6 Å². The van der Waals surface area contributed by atoms with Gasteiger partial charge in [0.25, 0.3) is 0 Å². The first-order valence-electron chi connectivity index (χ1n) is 7.95. The van der Waals surface area contributed by atoms with E-state index in [0.29, 0.717) is 6.42 Å². The second-order valence-corrected chi connectivity index (χ2v) is 5.73. The van der Waals surface area contributed by atoms with E-state index in [4.69, 9.17) is 4.98 Å². The van der Waals surface area contributed by atoms with Crippen LogP contribution in [0.15, 0.2) is 30.5 Å². The average Bonchev–Trinajstić information content (AvgIpc) is 3.06. The van der Waals surface area contributed by atoms with E-state index in [2.05, 4.69) is 33.6 Å². The first kappa shape index (κ1) is 15.3. The van der Waals surface area contributed by atoms with Gasteiger partial charge in [0.2, 0.25) is 0 Å². The molecule has 0 aliphatic carbocycles. The summed E-state index contributed by atoms with van der Waals surface area (Å²) in [7, 11) is 4.02. The molecule has 0 bridgehead atoms. The zero-order chi connectivity index (χ0) is 16.6. The Hall–Kier alpha value is -2.56. The highest BCUT2D eigenvalue weighted by molar-refractivity contribution is 5.99. The van der Waals surface area contributed by atoms with Gasteiger partial charge in [0.1, 0.15) is 0 Å². The number of hydrogen-bond donors (Lipinski definition) is 1. The normalized spacial score (nSPS) is 11.1. The Morgan fingerprint density at radius 1 is 1.22 bits per heavy atom. The molecule has 0 fully saturated rings. The molecule has 1 N–H and O–H groups in total. The van der Waals surface area contributed by atoms with Gasteiger partial charge in [-0.2, -0.15) is 0 Å². The van der Waals surface area contributed by atoms with Crippen molar-refractivity contribution in [2.24, 2.45) is 14.1 Å². The molecule has 5 nitrogen and oxygen atoms in total. The third-order valence-corrected chi connectivity index (χ3v) is 4.14. The average molecular weight is 310 g/mol. The van der Waals surface area contributed by atoms with Crippen LogP contribution in [0.3, 0.4) is 0 Å². The van der Waals surface area contributed by atoms with Gasteiger partial charge < -0.3 is 14.5 Å². The van der Waals surface area contributed by atoms with Gasteiger partial charge >= 0.3 is 0 Å². The van der Waals surface area contributed by atoms with Gasteiger partial charge in [0.05, 0.1) is 22.4 Å². The van der Waals surface area contributed by atoms with Crippen molar-refractivity contribution in [1.82, 2.24) is 14.1 Å². The highest BCUT2D eigenvalue weighted by Crippen LogP contribution is 2.27. The zero-order valence-electron chi connectivity index (χ0n) is 14.1. The molecular formula is C18H22N4O. The van der Waals surface area contributed by atoms with Crippen LogP contribution < -0.4 is 5.32 Å². The van der Waals surface area contributed by atoms with Crippen LogP contribution >= 0.6 is 0 Å². The van der Waals surface area contributed by atoms with Gasteiger partial charge in [-0.25, -0.2) is 4.98 Å². The SMILES string of the molecule is CCNc1cc(-c2nc3cc(C(=O)CC)ccc3n2C)n(C)c1. The van der Waals surface area contributed by atoms with Crippen molar-refractivity contribution in [3.8, 4) is 11.5 Å². The smallest absolute Gasteiger partial charge is 0.162 e. The Balaban J connectivity index is 2.11. The standard InChI is InChI=1S/C18H22N4O/c1-5-17(23)12-7-8-15-14(9-12)20-18(22(15)4)16-10-13(19-6-2)11-21(16)3/h7-11,19H,5-6H2,1-4H3. The summed E-state index contributed by atoms with van der Waals surface area (Å²) in [5, 5.41) is 3.32. The minimum atomic E-state index is 0.146. The summed E-state index contributed by atoms with van der Waals surface area (Å²) in [6, 6.07) is 7.85. The van der Waals surface area contributed by atoms with E-state index in [1.54, 1.807) is 0 Å². The molecule has 0 unspecified atom stereocenters. The maximum absolute atomic E-state index is 11.9. The van der Waals surface area contributed by atoms with E-state index < -0.39 is 0 Å². The molecule has 23 heavy (non-hydrogen) atoms. The van der Waals surface area contributed by atoms with Crippen LogP contribution in [0.25, 0.3) is 22.6 Å². The quantitative estimate of drug-likeness (QED) is 0.733. The van der Waals surface area contributed by atoms with Crippen molar-refractivity contribution in [3.63, 3.8) is 0 Å². The van der Waals surface area contributed by atoms with Crippen LogP contribution in [-0.4, -0.2) is 26.4 Å². The lowest BCUT2D eigenvalue weighted by atomic mass is 10.1. The number of rotatable bonds is 5. The van der Waals surface area contributed by atoms with Crippen LogP contribution in [0.4, 0.5) is 5.69 Å². The monoisotopic (exact) mass is 310 g/mol. The Morgan fingerprint density at radius 2 is 2.00 bits per heavy atom.